The summed E-state index contributed by atoms with van der Waals surface area (Å²) in [6.07, 6.45) is 0.724. The van der Waals surface area contributed by atoms with E-state index in [0.717, 1.165) is 17.7 Å². The van der Waals surface area contributed by atoms with Gasteiger partial charge < -0.3 is 10.5 Å². The highest BCUT2D eigenvalue weighted by atomic mass is 79.9. The Morgan fingerprint density at radius 3 is 2.67 bits per heavy atom. The predicted octanol–water partition coefficient (Wildman–Crippen LogP) is 3.79. The van der Waals surface area contributed by atoms with Crippen molar-refractivity contribution in [2.75, 3.05) is 12.3 Å². The van der Waals surface area contributed by atoms with Gasteiger partial charge in [0.1, 0.15) is 11.6 Å². The summed E-state index contributed by atoms with van der Waals surface area (Å²) in [7, 11) is 0. The van der Waals surface area contributed by atoms with Crippen LogP contribution in [0.25, 0.3) is 0 Å². The summed E-state index contributed by atoms with van der Waals surface area (Å²) in [6, 6.07) is 12.3. The second-order valence-corrected chi connectivity index (χ2v) is 4.73. The summed E-state index contributed by atoms with van der Waals surface area (Å²) in [5.41, 5.74) is 7.65. The molecule has 0 atom stereocenters. The monoisotopic (exact) mass is 309 g/mol. The van der Waals surface area contributed by atoms with E-state index >= 15 is 0 Å². The van der Waals surface area contributed by atoms with E-state index in [1.54, 1.807) is 12.1 Å². The zero-order chi connectivity index (χ0) is 13.0. The molecule has 0 fully saturated rings. The molecule has 0 saturated carbocycles. The van der Waals surface area contributed by atoms with Crippen LogP contribution in [0.5, 0.6) is 5.75 Å². The molecule has 0 unspecified atom stereocenters. The van der Waals surface area contributed by atoms with E-state index in [2.05, 4.69) is 15.9 Å². The van der Waals surface area contributed by atoms with Crippen LogP contribution >= 0.6 is 15.9 Å². The van der Waals surface area contributed by atoms with Gasteiger partial charge in [-0.3, -0.25) is 0 Å². The molecule has 2 aromatic carbocycles. The highest BCUT2D eigenvalue weighted by Gasteiger charge is 2.02. The van der Waals surface area contributed by atoms with Gasteiger partial charge in [-0.05, 0) is 45.8 Å². The summed E-state index contributed by atoms with van der Waals surface area (Å²) < 4.78 is 19.0. The highest BCUT2D eigenvalue weighted by molar-refractivity contribution is 9.10. The third kappa shape index (κ3) is 3.23. The second kappa shape index (κ2) is 5.87. The van der Waals surface area contributed by atoms with Gasteiger partial charge >= 0.3 is 0 Å². The highest BCUT2D eigenvalue weighted by Crippen LogP contribution is 2.22. The molecule has 0 heterocycles. The van der Waals surface area contributed by atoms with Gasteiger partial charge in [-0.15, -0.1) is 0 Å². The number of ether oxygens (including phenoxy) is 1. The number of hydrogen-bond acceptors (Lipinski definition) is 2. The van der Waals surface area contributed by atoms with Gasteiger partial charge in [0.2, 0.25) is 0 Å². The predicted molar refractivity (Wildman–Crippen MR) is 74.2 cm³/mol. The zero-order valence-electron chi connectivity index (χ0n) is 9.70. The summed E-state index contributed by atoms with van der Waals surface area (Å²) in [5, 5.41) is 0. The lowest BCUT2D eigenvalue weighted by Crippen LogP contribution is -2.03. The number of anilines is 1. The molecule has 4 heteroatoms. The first kappa shape index (κ1) is 12.9. The Hall–Kier alpha value is -1.55. The topological polar surface area (TPSA) is 35.2 Å². The van der Waals surface area contributed by atoms with E-state index in [1.807, 2.05) is 24.3 Å². The Bertz CT molecular complexity index is 545. The third-order valence-corrected chi connectivity index (χ3v) is 3.19. The molecular formula is C14H13BrFNO. The minimum atomic E-state index is -0.297. The Kier molecular flexibility index (Phi) is 4.20. The van der Waals surface area contributed by atoms with Crippen molar-refractivity contribution in [3.63, 3.8) is 0 Å². The van der Waals surface area contributed by atoms with Crippen LogP contribution in [-0.4, -0.2) is 6.61 Å². The average Bonchev–Trinajstić information content (AvgIpc) is 2.36. The van der Waals surface area contributed by atoms with Crippen molar-refractivity contribution in [2.45, 2.75) is 6.42 Å². The summed E-state index contributed by atoms with van der Waals surface area (Å²) >= 11 is 3.12. The maximum Gasteiger partial charge on any atom is 0.137 e. The maximum absolute atomic E-state index is 13.0. The van der Waals surface area contributed by atoms with Crippen molar-refractivity contribution >= 4 is 21.6 Å². The molecule has 0 amide bonds. The minimum absolute atomic E-state index is 0.297. The fourth-order valence-electron chi connectivity index (χ4n) is 1.61. The number of hydrogen-bond donors (Lipinski definition) is 1. The second-order valence-electron chi connectivity index (χ2n) is 3.87. The first-order valence-electron chi connectivity index (χ1n) is 5.58. The molecule has 18 heavy (non-hydrogen) atoms. The molecule has 94 valence electrons. The van der Waals surface area contributed by atoms with Crippen LogP contribution in [0, 0.1) is 5.82 Å². The van der Waals surface area contributed by atoms with E-state index < -0.39 is 0 Å². The number of rotatable bonds is 4. The van der Waals surface area contributed by atoms with Crippen LogP contribution in [0.15, 0.2) is 46.9 Å². The van der Waals surface area contributed by atoms with Gasteiger partial charge in [-0.1, -0.05) is 18.2 Å². The van der Waals surface area contributed by atoms with E-state index in [-0.39, 0.29) is 5.82 Å². The average molecular weight is 310 g/mol. The van der Waals surface area contributed by atoms with E-state index in [9.17, 15) is 4.39 Å². The van der Waals surface area contributed by atoms with Crippen molar-refractivity contribution in [3.05, 3.63) is 58.3 Å². The van der Waals surface area contributed by atoms with Crippen molar-refractivity contribution in [1.82, 2.24) is 0 Å². The molecule has 0 aliphatic carbocycles. The largest absolute Gasteiger partial charge is 0.493 e. The fourth-order valence-corrected chi connectivity index (χ4v) is 1.97. The van der Waals surface area contributed by atoms with Gasteiger partial charge in [-0.25, -0.2) is 4.39 Å². The Labute approximate surface area is 114 Å². The molecule has 2 rings (SSSR count). The Balaban J connectivity index is 1.92. The molecule has 0 spiro atoms. The quantitative estimate of drug-likeness (QED) is 0.872. The minimum Gasteiger partial charge on any atom is -0.493 e. The van der Waals surface area contributed by atoms with Crippen molar-refractivity contribution in [2.24, 2.45) is 0 Å². The molecule has 0 saturated heterocycles. The smallest absolute Gasteiger partial charge is 0.137 e. The lowest BCUT2D eigenvalue weighted by atomic mass is 10.1. The molecule has 2 aromatic rings. The Morgan fingerprint density at radius 1 is 1.17 bits per heavy atom. The molecule has 0 aliphatic heterocycles. The van der Waals surface area contributed by atoms with Crippen LogP contribution in [0.1, 0.15) is 5.56 Å². The molecule has 0 aromatic heterocycles. The van der Waals surface area contributed by atoms with Gasteiger partial charge in [0.25, 0.3) is 0 Å². The lowest BCUT2D eigenvalue weighted by molar-refractivity contribution is 0.321. The summed E-state index contributed by atoms with van der Waals surface area (Å²) in [6.45, 7) is 0.506. The maximum atomic E-state index is 13.0. The molecule has 0 aliphatic rings. The first-order valence-corrected chi connectivity index (χ1v) is 6.37. The SMILES string of the molecule is Nc1ccccc1CCOc1ccc(F)c(Br)c1. The number of para-hydroxylation sites is 1. The van der Waals surface area contributed by atoms with Crippen LogP contribution < -0.4 is 10.5 Å². The van der Waals surface area contributed by atoms with Crippen molar-refractivity contribution < 1.29 is 9.13 Å². The first-order chi connectivity index (χ1) is 8.66. The molecule has 0 radical (unpaired) electrons. The van der Waals surface area contributed by atoms with E-state index in [1.165, 1.54) is 6.07 Å². The molecule has 2 N–H and O–H groups in total. The van der Waals surface area contributed by atoms with Gasteiger partial charge in [0.15, 0.2) is 0 Å². The fraction of sp³-hybridized carbons (Fsp3) is 0.143. The molecule has 0 bridgehead atoms. The van der Waals surface area contributed by atoms with Crippen LogP contribution in [0.3, 0.4) is 0 Å². The van der Waals surface area contributed by atoms with Gasteiger partial charge in [0, 0.05) is 12.1 Å². The number of nitrogen functional groups attached to an aromatic ring is 1. The zero-order valence-corrected chi connectivity index (χ0v) is 11.3. The van der Waals surface area contributed by atoms with E-state index in [4.69, 9.17) is 10.5 Å². The lowest BCUT2D eigenvalue weighted by Gasteiger charge is -2.08. The van der Waals surface area contributed by atoms with Crippen LogP contribution in [0.4, 0.5) is 10.1 Å². The molecular weight excluding hydrogens is 297 g/mol. The summed E-state index contributed by atoms with van der Waals surface area (Å²) in [4.78, 5) is 0. The van der Waals surface area contributed by atoms with Crippen molar-refractivity contribution in [3.8, 4) is 5.75 Å². The van der Waals surface area contributed by atoms with Crippen LogP contribution in [0.2, 0.25) is 0 Å². The normalized spacial score (nSPS) is 10.3. The van der Waals surface area contributed by atoms with Crippen LogP contribution in [-0.2, 0) is 6.42 Å². The van der Waals surface area contributed by atoms with Gasteiger partial charge in [-0.2, -0.15) is 0 Å². The number of halogens is 2. The third-order valence-electron chi connectivity index (χ3n) is 2.59. The summed E-state index contributed by atoms with van der Waals surface area (Å²) in [5.74, 6) is 0.340. The molecule has 2 nitrogen and oxygen atoms in total. The number of benzene rings is 2. The van der Waals surface area contributed by atoms with Gasteiger partial charge in [0.05, 0.1) is 11.1 Å². The standard InChI is InChI=1S/C14H13BrFNO/c15-12-9-11(5-6-13(12)16)18-8-7-10-3-1-2-4-14(10)17/h1-6,9H,7-8,17H2. The number of nitrogens with two attached hydrogens (primary N) is 1. The Morgan fingerprint density at radius 2 is 1.94 bits per heavy atom. The van der Waals surface area contributed by atoms with E-state index in [0.29, 0.717) is 16.8 Å². The van der Waals surface area contributed by atoms with Crippen molar-refractivity contribution in [1.29, 1.82) is 0 Å².